The maximum Gasteiger partial charge on any atom is 0.446 e. The number of carbonyl (C=O) groups is 1. The normalized spacial score (nSPS) is 11.6. The number of hydrogen-bond acceptors (Lipinski definition) is 2. The van der Waals surface area contributed by atoms with Crippen molar-refractivity contribution in [1.29, 1.82) is 0 Å². The summed E-state index contributed by atoms with van der Waals surface area (Å²) in [6.07, 6.45) is -0.0609. The number of thioether (sulfide) groups is 1. The third-order valence-electron chi connectivity index (χ3n) is 2.12. The van der Waals surface area contributed by atoms with Gasteiger partial charge in [-0.15, -0.1) is 11.6 Å². The zero-order valence-electron chi connectivity index (χ0n) is 8.97. The van der Waals surface area contributed by atoms with Gasteiger partial charge in [0.15, 0.2) is 5.78 Å². The molecule has 0 saturated carbocycles. The highest BCUT2D eigenvalue weighted by Crippen LogP contribution is 2.39. The fraction of sp³-hybridized carbons (Fsp3) is 0.364. The van der Waals surface area contributed by atoms with E-state index in [2.05, 4.69) is 0 Å². The molecule has 0 spiro atoms. The lowest BCUT2D eigenvalue weighted by Crippen LogP contribution is -2.08. The highest BCUT2D eigenvalue weighted by Gasteiger charge is 2.30. The van der Waals surface area contributed by atoms with Gasteiger partial charge in [0.2, 0.25) is 0 Å². The lowest BCUT2D eigenvalue weighted by molar-refractivity contribution is -0.116. The highest BCUT2D eigenvalue weighted by molar-refractivity contribution is 8.00. The lowest BCUT2D eigenvalue weighted by atomic mass is 10.0. The summed E-state index contributed by atoms with van der Waals surface area (Å²) in [6.45, 7) is 1.68. The molecule has 1 nitrogen and oxygen atoms in total. The van der Waals surface area contributed by atoms with Gasteiger partial charge in [-0.2, -0.15) is 13.2 Å². The third-order valence-corrected chi connectivity index (χ3v) is 3.25. The van der Waals surface area contributed by atoms with Crippen molar-refractivity contribution in [1.82, 2.24) is 0 Å². The van der Waals surface area contributed by atoms with Crippen molar-refractivity contribution in [3.63, 3.8) is 0 Å². The molecule has 1 aromatic carbocycles. The van der Waals surface area contributed by atoms with E-state index in [1.165, 1.54) is 12.1 Å². The molecule has 0 unspecified atom stereocenters. The molecule has 0 aromatic heterocycles. The van der Waals surface area contributed by atoms with Gasteiger partial charge in [-0.25, -0.2) is 0 Å². The highest BCUT2D eigenvalue weighted by atomic mass is 35.5. The van der Waals surface area contributed by atoms with Gasteiger partial charge in [-0.05, 0) is 35.9 Å². The molecule has 0 bridgehead atoms. The van der Waals surface area contributed by atoms with Gasteiger partial charge in [-0.3, -0.25) is 4.79 Å². The lowest BCUT2D eigenvalue weighted by Gasteiger charge is -2.12. The fourth-order valence-corrected chi connectivity index (χ4v) is 2.21. The van der Waals surface area contributed by atoms with Gasteiger partial charge >= 0.3 is 5.51 Å². The minimum absolute atomic E-state index is 0.0609. The molecule has 0 N–H and O–H groups in total. The Morgan fingerprint density at radius 3 is 2.59 bits per heavy atom. The Morgan fingerprint density at radius 2 is 2.06 bits per heavy atom. The van der Waals surface area contributed by atoms with E-state index in [0.717, 1.165) is 0 Å². The monoisotopic (exact) mass is 282 g/mol. The summed E-state index contributed by atoms with van der Waals surface area (Å²) >= 11 is 5.16. The van der Waals surface area contributed by atoms with Crippen LogP contribution >= 0.6 is 23.4 Å². The molecule has 0 aliphatic heterocycles. The third kappa shape index (κ3) is 4.60. The predicted octanol–water partition coefficient (Wildman–Crippen LogP) is 3.96. The summed E-state index contributed by atoms with van der Waals surface area (Å²) in [4.78, 5) is 11.3. The van der Waals surface area contributed by atoms with Gasteiger partial charge in [0.25, 0.3) is 0 Å². The molecule has 0 heterocycles. The van der Waals surface area contributed by atoms with Crippen molar-refractivity contribution in [2.45, 2.75) is 23.7 Å². The van der Waals surface area contributed by atoms with E-state index < -0.39 is 5.51 Å². The first-order chi connectivity index (χ1) is 7.83. The second kappa shape index (κ2) is 5.78. The van der Waals surface area contributed by atoms with Crippen LogP contribution in [0.15, 0.2) is 23.1 Å². The molecule has 94 valence electrons. The quantitative estimate of drug-likeness (QED) is 0.614. The Morgan fingerprint density at radius 1 is 1.41 bits per heavy atom. The summed E-state index contributed by atoms with van der Waals surface area (Å²) in [5.74, 6) is -0.477. The molecule has 6 heteroatoms. The molecule has 0 radical (unpaired) electrons. The molecule has 17 heavy (non-hydrogen) atoms. The molecular weight excluding hydrogens is 273 g/mol. The summed E-state index contributed by atoms with van der Waals surface area (Å²) in [6, 6.07) is 4.58. The first-order valence-electron chi connectivity index (χ1n) is 4.75. The molecule has 0 saturated heterocycles. The SMILES string of the molecule is Cc1cccc(SC(F)(F)F)c1CC(=O)CCl. The summed E-state index contributed by atoms with van der Waals surface area (Å²) in [7, 11) is 0. The number of carbonyl (C=O) groups excluding carboxylic acids is 1. The van der Waals surface area contributed by atoms with Crippen LogP contribution in [-0.2, 0) is 11.2 Å². The smallest absolute Gasteiger partial charge is 0.298 e. The van der Waals surface area contributed by atoms with Gasteiger partial charge in [0.1, 0.15) is 0 Å². The van der Waals surface area contributed by atoms with Crippen LogP contribution in [-0.4, -0.2) is 17.2 Å². The van der Waals surface area contributed by atoms with Crippen LogP contribution in [0.4, 0.5) is 13.2 Å². The second-order valence-electron chi connectivity index (χ2n) is 3.45. The molecule has 0 aliphatic rings. The van der Waals surface area contributed by atoms with Crippen LogP contribution in [0.5, 0.6) is 0 Å². The standard InChI is InChI=1S/C11H10ClF3OS/c1-7-3-2-4-10(17-11(13,14)15)9(7)5-8(16)6-12/h2-4H,5-6H2,1H3. The molecule has 0 fully saturated rings. The molecule has 0 aliphatic carbocycles. The second-order valence-corrected chi connectivity index (χ2v) is 4.82. The first-order valence-corrected chi connectivity index (χ1v) is 6.10. The Balaban J connectivity index is 3.04. The van der Waals surface area contributed by atoms with Crippen LogP contribution in [0.1, 0.15) is 11.1 Å². The van der Waals surface area contributed by atoms with Crippen molar-refractivity contribution in [2.75, 3.05) is 5.88 Å². The first kappa shape index (κ1) is 14.4. The number of ketones is 1. The number of rotatable bonds is 4. The predicted molar refractivity (Wildman–Crippen MR) is 62.5 cm³/mol. The van der Waals surface area contributed by atoms with Crippen LogP contribution in [0.25, 0.3) is 0 Å². The van der Waals surface area contributed by atoms with Crippen molar-refractivity contribution in [3.05, 3.63) is 29.3 Å². The van der Waals surface area contributed by atoms with Crippen LogP contribution in [0, 0.1) is 6.92 Å². The molecular formula is C11H10ClF3OS. The maximum absolute atomic E-state index is 12.3. The number of Topliss-reactive ketones (excluding diaryl/α,β-unsaturated/α-hetero) is 1. The van der Waals surface area contributed by atoms with Crippen LogP contribution in [0.3, 0.4) is 0 Å². The Hall–Kier alpha value is -0.680. The molecule has 1 aromatic rings. The largest absolute Gasteiger partial charge is 0.446 e. The van der Waals surface area contributed by atoms with Crippen LogP contribution < -0.4 is 0 Å². The number of hydrogen-bond donors (Lipinski definition) is 0. The minimum Gasteiger partial charge on any atom is -0.298 e. The van der Waals surface area contributed by atoms with Gasteiger partial charge in [0, 0.05) is 11.3 Å². The van der Waals surface area contributed by atoms with E-state index in [0.29, 0.717) is 11.1 Å². The van der Waals surface area contributed by atoms with Crippen molar-refractivity contribution < 1.29 is 18.0 Å². The number of alkyl halides is 4. The zero-order chi connectivity index (χ0) is 13.1. The van der Waals surface area contributed by atoms with Gasteiger partial charge < -0.3 is 0 Å². The average molecular weight is 283 g/mol. The van der Waals surface area contributed by atoms with Crippen molar-refractivity contribution in [2.24, 2.45) is 0 Å². The van der Waals surface area contributed by atoms with Gasteiger partial charge in [-0.1, -0.05) is 12.1 Å². The maximum atomic E-state index is 12.3. The minimum atomic E-state index is -4.35. The topological polar surface area (TPSA) is 17.1 Å². The Kier molecular flexibility index (Phi) is 4.89. The van der Waals surface area contributed by atoms with E-state index in [1.807, 2.05) is 0 Å². The van der Waals surface area contributed by atoms with E-state index in [9.17, 15) is 18.0 Å². The summed E-state index contributed by atoms with van der Waals surface area (Å²) in [5, 5.41) is 0. The summed E-state index contributed by atoms with van der Waals surface area (Å²) in [5.41, 5.74) is -3.29. The fourth-order valence-electron chi connectivity index (χ4n) is 1.37. The van der Waals surface area contributed by atoms with E-state index >= 15 is 0 Å². The zero-order valence-corrected chi connectivity index (χ0v) is 10.5. The van der Waals surface area contributed by atoms with Crippen molar-refractivity contribution >= 4 is 29.1 Å². The Bertz CT molecular complexity index is 418. The van der Waals surface area contributed by atoms with Crippen LogP contribution in [0.2, 0.25) is 0 Å². The molecule has 0 atom stereocenters. The average Bonchev–Trinajstić information content (AvgIpc) is 2.20. The molecule has 1 rings (SSSR count). The Labute approximate surface area is 106 Å². The number of benzene rings is 1. The number of aryl methyl sites for hydroxylation is 1. The van der Waals surface area contributed by atoms with Gasteiger partial charge in [0.05, 0.1) is 5.88 Å². The van der Waals surface area contributed by atoms with E-state index in [4.69, 9.17) is 11.6 Å². The van der Waals surface area contributed by atoms with E-state index in [-0.39, 0.29) is 34.7 Å². The van der Waals surface area contributed by atoms with E-state index in [1.54, 1.807) is 13.0 Å². The van der Waals surface area contributed by atoms with Crippen molar-refractivity contribution in [3.8, 4) is 0 Å². The summed E-state index contributed by atoms with van der Waals surface area (Å²) < 4.78 is 37.0. The molecule has 0 amide bonds. The number of halogens is 4.